The highest BCUT2D eigenvalue weighted by Gasteiger charge is 2.32. The lowest BCUT2D eigenvalue weighted by Gasteiger charge is -2.32. The number of methoxy groups -OCH3 is 1. The second kappa shape index (κ2) is 6.11. The first-order valence-corrected chi connectivity index (χ1v) is 7.72. The number of amides is 1. The number of aromatic nitrogens is 4. The summed E-state index contributed by atoms with van der Waals surface area (Å²) in [7, 11) is 1.63. The van der Waals surface area contributed by atoms with E-state index in [1.807, 2.05) is 13.8 Å². The molecule has 3 heterocycles. The molecule has 0 bridgehead atoms. The van der Waals surface area contributed by atoms with Gasteiger partial charge in [-0.3, -0.25) is 4.79 Å². The third kappa shape index (κ3) is 2.63. The summed E-state index contributed by atoms with van der Waals surface area (Å²) in [5.41, 5.74) is 1.28. The standard InChI is InChI=1S/C15H21N5O3/c1-5-11-14(10(3)23-18-11)15(21)19-6-9(2)20-12(7-19)16-17-13(20)8-22-4/h9H,5-8H2,1-4H3/t9-/m0/s1. The summed E-state index contributed by atoms with van der Waals surface area (Å²) in [4.78, 5) is 14.7. The zero-order chi connectivity index (χ0) is 16.6. The summed E-state index contributed by atoms with van der Waals surface area (Å²) in [6.07, 6.45) is 0.663. The summed E-state index contributed by atoms with van der Waals surface area (Å²) < 4.78 is 12.4. The number of carbonyl (C=O) groups is 1. The van der Waals surface area contributed by atoms with Gasteiger partial charge in [-0.25, -0.2) is 0 Å². The van der Waals surface area contributed by atoms with Gasteiger partial charge in [0.2, 0.25) is 0 Å². The van der Waals surface area contributed by atoms with E-state index in [1.165, 1.54) is 0 Å². The van der Waals surface area contributed by atoms with Crippen molar-refractivity contribution >= 4 is 5.91 Å². The molecule has 23 heavy (non-hydrogen) atoms. The van der Waals surface area contributed by atoms with Crippen molar-refractivity contribution in [3.63, 3.8) is 0 Å². The highest BCUT2D eigenvalue weighted by molar-refractivity contribution is 5.96. The van der Waals surface area contributed by atoms with Crippen molar-refractivity contribution in [1.29, 1.82) is 0 Å². The minimum Gasteiger partial charge on any atom is -0.377 e. The van der Waals surface area contributed by atoms with E-state index in [4.69, 9.17) is 9.26 Å². The van der Waals surface area contributed by atoms with Crippen molar-refractivity contribution in [2.45, 2.75) is 46.4 Å². The summed E-state index contributed by atoms with van der Waals surface area (Å²) >= 11 is 0. The second-order valence-electron chi connectivity index (χ2n) is 5.78. The van der Waals surface area contributed by atoms with Crippen LogP contribution in [0.2, 0.25) is 0 Å². The van der Waals surface area contributed by atoms with E-state index in [1.54, 1.807) is 18.9 Å². The second-order valence-corrected chi connectivity index (χ2v) is 5.78. The van der Waals surface area contributed by atoms with Gasteiger partial charge in [-0.15, -0.1) is 10.2 Å². The first-order valence-electron chi connectivity index (χ1n) is 7.72. The lowest BCUT2D eigenvalue weighted by Crippen LogP contribution is -2.41. The molecular formula is C15H21N5O3. The fraction of sp³-hybridized carbons (Fsp3) is 0.600. The molecule has 8 nitrogen and oxygen atoms in total. The normalized spacial score (nSPS) is 17.4. The predicted molar refractivity (Wildman–Crippen MR) is 80.8 cm³/mol. The van der Waals surface area contributed by atoms with Crippen LogP contribution in [0.5, 0.6) is 0 Å². The topological polar surface area (TPSA) is 86.3 Å². The first-order chi connectivity index (χ1) is 11.1. The van der Waals surface area contributed by atoms with Crippen LogP contribution in [-0.4, -0.2) is 44.4 Å². The van der Waals surface area contributed by atoms with Gasteiger partial charge in [0, 0.05) is 13.7 Å². The SMILES string of the molecule is CCc1noc(C)c1C(=O)N1Cc2nnc(COC)n2[C@@H](C)C1. The number of hydrogen-bond donors (Lipinski definition) is 0. The number of aryl methyl sites for hydroxylation is 2. The van der Waals surface area contributed by atoms with Gasteiger partial charge in [-0.2, -0.15) is 0 Å². The molecule has 2 aromatic rings. The van der Waals surface area contributed by atoms with Gasteiger partial charge >= 0.3 is 0 Å². The minimum absolute atomic E-state index is 0.0602. The highest BCUT2D eigenvalue weighted by Crippen LogP contribution is 2.25. The Morgan fingerprint density at radius 1 is 1.43 bits per heavy atom. The Morgan fingerprint density at radius 3 is 2.91 bits per heavy atom. The Labute approximate surface area is 134 Å². The number of fused-ring (bicyclic) bond motifs is 1. The van der Waals surface area contributed by atoms with Gasteiger partial charge in [0.1, 0.15) is 17.9 Å². The monoisotopic (exact) mass is 319 g/mol. The molecule has 0 aromatic carbocycles. The Bertz CT molecular complexity index is 721. The number of rotatable bonds is 4. The molecule has 2 aromatic heterocycles. The number of hydrogen-bond acceptors (Lipinski definition) is 6. The van der Waals surface area contributed by atoms with Crippen LogP contribution in [0, 0.1) is 6.92 Å². The van der Waals surface area contributed by atoms with Gasteiger partial charge < -0.3 is 18.7 Å². The van der Waals surface area contributed by atoms with Crippen molar-refractivity contribution in [2.75, 3.05) is 13.7 Å². The molecule has 1 atom stereocenters. The van der Waals surface area contributed by atoms with Gasteiger partial charge in [-0.05, 0) is 20.3 Å². The Kier molecular flexibility index (Phi) is 4.16. The molecule has 0 saturated carbocycles. The van der Waals surface area contributed by atoms with Crippen LogP contribution < -0.4 is 0 Å². The van der Waals surface area contributed by atoms with Gasteiger partial charge in [-0.1, -0.05) is 12.1 Å². The van der Waals surface area contributed by atoms with E-state index in [0.717, 1.165) is 11.6 Å². The van der Waals surface area contributed by atoms with Crippen LogP contribution in [0.25, 0.3) is 0 Å². The molecule has 0 N–H and O–H groups in total. The molecule has 0 radical (unpaired) electrons. The molecule has 1 aliphatic heterocycles. The molecule has 0 saturated heterocycles. The fourth-order valence-corrected chi connectivity index (χ4v) is 3.09. The van der Waals surface area contributed by atoms with E-state index in [9.17, 15) is 4.79 Å². The van der Waals surface area contributed by atoms with Crippen molar-refractivity contribution < 1.29 is 14.1 Å². The molecule has 0 spiro atoms. The maximum Gasteiger partial charge on any atom is 0.259 e. The molecule has 1 amide bonds. The van der Waals surface area contributed by atoms with Crippen molar-refractivity contribution in [3.05, 3.63) is 28.7 Å². The molecular weight excluding hydrogens is 298 g/mol. The Morgan fingerprint density at radius 2 is 2.22 bits per heavy atom. The lowest BCUT2D eigenvalue weighted by atomic mass is 10.1. The molecule has 8 heteroatoms. The number of nitrogens with zero attached hydrogens (tertiary/aromatic N) is 5. The summed E-state index contributed by atoms with van der Waals surface area (Å²) in [6, 6.07) is 0.0908. The van der Waals surface area contributed by atoms with Gasteiger partial charge in [0.15, 0.2) is 11.6 Å². The van der Waals surface area contributed by atoms with E-state index in [-0.39, 0.29) is 11.9 Å². The molecule has 124 valence electrons. The van der Waals surface area contributed by atoms with Crippen LogP contribution in [0.15, 0.2) is 4.52 Å². The highest BCUT2D eigenvalue weighted by atomic mass is 16.5. The summed E-state index contributed by atoms with van der Waals surface area (Å²) in [5.74, 6) is 2.07. The van der Waals surface area contributed by atoms with Crippen LogP contribution in [-0.2, 0) is 24.3 Å². The maximum absolute atomic E-state index is 12.9. The van der Waals surface area contributed by atoms with E-state index in [2.05, 4.69) is 19.9 Å². The molecule has 0 fully saturated rings. The fourth-order valence-electron chi connectivity index (χ4n) is 3.09. The van der Waals surface area contributed by atoms with Crippen LogP contribution in [0.3, 0.4) is 0 Å². The molecule has 0 unspecified atom stereocenters. The summed E-state index contributed by atoms with van der Waals surface area (Å²) in [6.45, 7) is 7.21. The smallest absolute Gasteiger partial charge is 0.259 e. The lowest BCUT2D eigenvalue weighted by molar-refractivity contribution is 0.0672. The number of ether oxygens (including phenoxy) is 1. The van der Waals surface area contributed by atoms with Crippen molar-refractivity contribution in [1.82, 2.24) is 24.8 Å². The molecule has 0 aliphatic carbocycles. The van der Waals surface area contributed by atoms with Crippen LogP contribution in [0.4, 0.5) is 0 Å². The molecule has 3 rings (SSSR count). The first kappa shape index (κ1) is 15.7. The Hall–Kier alpha value is -2.22. The summed E-state index contributed by atoms with van der Waals surface area (Å²) in [5, 5.41) is 12.3. The van der Waals surface area contributed by atoms with Crippen LogP contribution >= 0.6 is 0 Å². The zero-order valence-corrected chi connectivity index (χ0v) is 13.9. The average molecular weight is 319 g/mol. The van der Waals surface area contributed by atoms with Gasteiger partial charge in [0.05, 0.1) is 18.3 Å². The predicted octanol–water partition coefficient (Wildman–Crippen LogP) is 1.50. The quantitative estimate of drug-likeness (QED) is 0.849. The Balaban J connectivity index is 1.88. The third-order valence-electron chi connectivity index (χ3n) is 4.14. The molecule has 1 aliphatic rings. The van der Waals surface area contributed by atoms with E-state index in [0.29, 0.717) is 43.1 Å². The maximum atomic E-state index is 12.9. The van der Waals surface area contributed by atoms with Crippen molar-refractivity contribution in [3.8, 4) is 0 Å². The largest absolute Gasteiger partial charge is 0.377 e. The van der Waals surface area contributed by atoms with Crippen LogP contribution in [0.1, 0.15) is 53.4 Å². The van der Waals surface area contributed by atoms with E-state index >= 15 is 0 Å². The average Bonchev–Trinajstić information content (AvgIpc) is 3.11. The van der Waals surface area contributed by atoms with E-state index < -0.39 is 0 Å². The third-order valence-corrected chi connectivity index (χ3v) is 4.14. The van der Waals surface area contributed by atoms with Crippen molar-refractivity contribution in [2.24, 2.45) is 0 Å². The number of carbonyl (C=O) groups excluding carboxylic acids is 1. The zero-order valence-electron chi connectivity index (χ0n) is 13.9. The van der Waals surface area contributed by atoms with Gasteiger partial charge in [0.25, 0.3) is 5.91 Å². The minimum atomic E-state index is -0.0602.